The number of fused-ring (bicyclic) bond motifs is 4. The van der Waals surface area contributed by atoms with Gasteiger partial charge in [-0.2, -0.15) is 0 Å². The van der Waals surface area contributed by atoms with Crippen molar-refractivity contribution in [2.75, 3.05) is 26.7 Å². The van der Waals surface area contributed by atoms with Crippen LogP contribution in [0.2, 0.25) is 5.02 Å². The summed E-state index contributed by atoms with van der Waals surface area (Å²) in [6.45, 7) is 3.17. The van der Waals surface area contributed by atoms with Gasteiger partial charge in [-0.15, -0.1) is 0 Å². The number of hydrogen-bond donors (Lipinski definition) is 1. The molecule has 3 saturated heterocycles. The second kappa shape index (κ2) is 8.21. The number of hydrogen-bond acceptors (Lipinski definition) is 4. The number of piperidine rings is 3. The molecule has 6 heteroatoms. The second-order valence-electron chi connectivity index (χ2n) is 10.3. The Hall–Kier alpha value is -2.24. The molecule has 1 saturated carbocycles. The highest BCUT2D eigenvalue weighted by Crippen LogP contribution is 2.61. The number of benzene rings is 2. The Balaban J connectivity index is 1.23. The van der Waals surface area contributed by atoms with E-state index >= 15 is 0 Å². The normalized spacial score (nSPS) is 28.8. The second-order valence-corrected chi connectivity index (χ2v) is 10.7. The maximum atomic E-state index is 13.0. The zero-order chi connectivity index (χ0) is 22.6. The summed E-state index contributed by atoms with van der Waals surface area (Å²) in [6.07, 6.45) is 6.54. The molecular weight excluding hydrogens is 436 g/mol. The number of carbonyl (C=O) groups is 1. The predicted molar refractivity (Wildman–Crippen MR) is 129 cm³/mol. The van der Waals surface area contributed by atoms with Gasteiger partial charge in [0.05, 0.1) is 18.2 Å². The number of aryl methyl sites for hydroxylation is 1. The van der Waals surface area contributed by atoms with Crippen LogP contribution < -0.4 is 10.1 Å². The lowest BCUT2D eigenvalue weighted by molar-refractivity contribution is -0.0347. The first-order valence-corrected chi connectivity index (χ1v) is 12.6. The van der Waals surface area contributed by atoms with Crippen LogP contribution in [0.4, 0.5) is 4.79 Å². The van der Waals surface area contributed by atoms with Gasteiger partial charge in [0.2, 0.25) is 0 Å². The molecule has 5 nitrogen and oxygen atoms in total. The van der Waals surface area contributed by atoms with Crippen molar-refractivity contribution in [2.24, 2.45) is 11.3 Å². The summed E-state index contributed by atoms with van der Waals surface area (Å²) in [5.41, 5.74) is 4.82. The van der Waals surface area contributed by atoms with E-state index in [2.05, 4.69) is 28.4 Å². The van der Waals surface area contributed by atoms with Crippen LogP contribution in [0, 0.1) is 11.3 Å². The number of methoxy groups -OCH3 is 1. The number of carbonyl (C=O) groups excluding carboxylic acids is 1. The summed E-state index contributed by atoms with van der Waals surface area (Å²) >= 11 is 6.54. The molecular formula is C27H31ClN2O3. The van der Waals surface area contributed by atoms with Crippen LogP contribution in [0.15, 0.2) is 36.4 Å². The first kappa shape index (κ1) is 21.3. The zero-order valence-electron chi connectivity index (χ0n) is 19.1. The summed E-state index contributed by atoms with van der Waals surface area (Å²) in [4.78, 5) is 15.4. The Morgan fingerprint density at radius 1 is 1.12 bits per heavy atom. The Kier molecular flexibility index (Phi) is 5.30. The van der Waals surface area contributed by atoms with Gasteiger partial charge in [-0.1, -0.05) is 29.8 Å². The third kappa shape index (κ3) is 3.89. The molecule has 3 heterocycles. The minimum atomic E-state index is -0.250. The molecule has 174 valence electrons. The number of ether oxygens (including phenoxy) is 2. The quantitative estimate of drug-likeness (QED) is 0.636. The lowest BCUT2D eigenvalue weighted by atomic mass is 9.76. The molecule has 5 aliphatic rings. The molecule has 2 bridgehead atoms. The van der Waals surface area contributed by atoms with Crippen molar-refractivity contribution in [3.05, 3.63) is 52.5 Å². The maximum Gasteiger partial charge on any atom is 0.407 e. The highest BCUT2D eigenvalue weighted by molar-refractivity contribution is 6.33. The monoisotopic (exact) mass is 466 g/mol. The zero-order valence-corrected chi connectivity index (χ0v) is 19.9. The number of nitrogens with zero attached hydrogens (tertiary/aromatic N) is 1. The summed E-state index contributed by atoms with van der Waals surface area (Å²) in [5.74, 6) is 1.27. The van der Waals surface area contributed by atoms with Crippen molar-refractivity contribution in [1.82, 2.24) is 10.2 Å². The van der Waals surface area contributed by atoms with Crippen LogP contribution in [0.1, 0.15) is 49.3 Å². The van der Waals surface area contributed by atoms with E-state index in [1.54, 1.807) is 7.11 Å². The third-order valence-corrected chi connectivity index (χ3v) is 8.77. The average molecular weight is 467 g/mol. The fourth-order valence-electron chi connectivity index (χ4n) is 6.25. The van der Waals surface area contributed by atoms with E-state index in [9.17, 15) is 4.79 Å². The van der Waals surface area contributed by atoms with Crippen molar-refractivity contribution < 1.29 is 14.3 Å². The summed E-state index contributed by atoms with van der Waals surface area (Å²) in [5, 5.41) is 3.98. The molecule has 2 aromatic rings. The molecule has 1 N–H and O–H groups in total. The first-order valence-electron chi connectivity index (χ1n) is 12.2. The minimum Gasteiger partial charge on any atom is -0.497 e. The van der Waals surface area contributed by atoms with Gasteiger partial charge in [0.25, 0.3) is 0 Å². The van der Waals surface area contributed by atoms with Crippen molar-refractivity contribution in [3.8, 4) is 16.9 Å². The van der Waals surface area contributed by atoms with E-state index in [0.717, 1.165) is 62.2 Å². The first-order chi connectivity index (χ1) is 16.0. The van der Waals surface area contributed by atoms with E-state index in [1.165, 1.54) is 24.0 Å². The number of alkyl carbamates (subject to hydrolysis) is 1. The number of halogens is 1. The molecule has 0 radical (unpaired) electrons. The molecule has 1 amide bonds. The van der Waals surface area contributed by atoms with Crippen molar-refractivity contribution in [2.45, 2.75) is 50.7 Å². The summed E-state index contributed by atoms with van der Waals surface area (Å²) in [7, 11) is 1.65. The fraction of sp³-hybridized carbons (Fsp3) is 0.519. The van der Waals surface area contributed by atoms with Gasteiger partial charge in [0.15, 0.2) is 0 Å². The van der Waals surface area contributed by atoms with Crippen LogP contribution in [0.5, 0.6) is 5.75 Å². The molecule has 1 spiro atoms. The smallest absolute Gasteiger partial charge is 0.407 e. The SMILES string of the molecule is COc1ccc(-c2ccc3c(c2)CCC2(CC2)C3NC(=O)O[C@H]2CN3CCC2CC3)c(Cl)c1. The minimum absolute atomic E-state index is 0.0234. The molecule has 2 aromatic carbocycles. The van der Waals surface area contributed by atoms with Gasteiger partial charge >= 0.3 is 6.09 Å². The average Bonchev–Trinajstić information content (AvgIpc) is 3.62. The molecule has 4 fully saturated rings. The topological polar surface area (TPSA) is 50.8 Å². The molecule has 2 atom stereocenters. The fourth-order valence-corrected chi connectivity index (χ4v) is 6.53. The van der Waals surface area contributed by atoms with Gasteiger partial charge < -0.3 is 14.8 Å². The highest BCUT2D eigenvalue weighted by Gasteiger charge is 2.53. The highest BCUT2D eigenvalue weighted by atomic mass is 35.5. The van der Waals surface area contributed by atoms with Crippen LogP contribution >= 0.6 is 11.6 Å². The van der Waals surface area contributed by atoms with E-state index in [0.29, 0.717) is 10.9 Å². The Labute approximate surface area is 200 Å². The molecule has 3 aliphatic heterocycles. The van der Waals surface area contributed by atoms with Crippen LogP contribution in [-0.2, 0) is 11.2 Å². The van der Waals surface area contributed by atoms with Crippen LogP contribution in [0.3, 0.4) is 0 Å². The van der Waals surface area contributed by atoms with Gasteiger partial charge in [-0.25, -0.2) is 4.79 Å². The van der Waals surface area contributed by atoms with Crippen molar-refractivity contribution >= 4 is 17.7 Å². The number of nitrogens with one attached hydrogen (secondary N) is 1. The lowest BCUT2D eigenvalue weighted by Crippen LogP contribution is -2.53. The van der Waals surface area contributed by atoms with Crippen LogP contribution in [0.25, 0.3) is 11.1 Å². The number of amides is 1. The van der Waals surface area contributed by atoms with Gasteiger partial charge in [-0.05, 0) is 97.8 Å². The maximum absolute atomic E-state index is 13.0. The summed E-state index contributed by atoms with van der Waals surface area (Å²) < 4.78 is 11.3. The Morgan fingerprint density at radius 3 is 2.61 bits per heavy atom. The standard InChI is InChI=1S/C27H31ClN2O3/c1-32-20-3-5-21(23(28)15-20)18-2-4-22-19(14-18)6-9-27(10-11-27)25(22)29-26(31)33-24-16-30-12-7-17(24)8-13-30/h2-5,14-15,17,24-25H,6-13,16H2,1H3,(H,29,31)/t24-,25?/m0/s1. The predicted octanol–water partition coefficient (Wildman–Crippen LogP) is 5.60. The van der Waals surface area contributed by atoms with Gasteiger partial charge in [0, 0.05) is 12.1 Å². The van der Waals surface area contributed by atoms with Crippen molar-refractivity contribution in [3.63, 3.8) is 0 Å². The van der Waals surface area contributed by atoms with Gasteiger partial charge in [-0.3, -0.25) is 4.90 Å². The molecule has 2 aliphatic carbocycles. The third-order valence-electron chi connectivity index (χ3n) is 8.45. The lowest BCUT2D eigenvalue weighted by Gasteiger charge is -2.44. The Bertz CT molecular complexity index is 1080. The molecule has 0 aromatic heterocycles. The largest absolute Gasteiger partial charge is 0.497 e. The van der Waals surface area contributed by atoms with Crippen molar-refractivity contribution in [1.29, 1.82) is 0 Å². The van der Waals surface area contributed by atoms with E-state index < -0.39 is 0 Å². The Morgan fingerprint density at radius 2 is 1.94 bits per heavy atom. The number of rotatable bonds is 4. The van der Waals surface area contributed by atoms with Crippen LogP contribution in [-0.4, -0.2) is 43.8 Å². The van der Waals surface area contributed by atoms with Gasteiger partial charge in [0.1, 0.15) is 11.9 Å². The summed E-state index contributed by atoms with van der Waals surface area (Å²) in [6, 6.07) is 12.4. The van der Waals surface area contributed by atoms with E-state index in [1.807, 2.05) is 18.2 Å². The van der Waals surface area contributed by atoms with E-state index in [4.69, 9.17) is 21.1 Å². The molecule has 7 rings (SSSR count). The molecule has 1 unspecified atom stereocenters. The van der Waals surface area contributed by atoms with E-state index in [-0.39, 0.29) is 23.7 Å². The molecule has 33 heavy (non-hydrogen) atoms.